The molecule has 5 heteroatoms. The number of halogens is 1. The number of para-hydroxylation sites is 1. The highest BCUT2D eigenvalue weighted by atomic mass is 79.9. The van der Waals surface area contributed by atoms with Crippen LogP contribution in [0.2, 0.25) is 0 Å². The van der Waals surface area contributed by atoms with Crippen LogP contribution in [-0.2, 0) is 6.42 Å². The Bertz CT molecular complexity index is 818. The highest BCUT2D eigenvalue weighted by Gasteiger charge is 2.12. The summed E-state index contributed by atoms with van der Waals surface area (Å²) in [5, 5.41) is 1.06. The van der Waals surface area contributed by atoms with E-state index in [-0.39, 0.29) is 0 Å². The number of aromatic amines is 1. The van der Waals surface area contributed by atoms with Gasteiger partial charge >= 0.3 is 0 Å². The van der Waals surface area contributed by atoms with E-state index in [1.165, 1.54) is 0 Å². The quantitative estimate of drug-likeness (QED) is 0.624. The van der Waals surface area contributed by atoms with E-state index < -0.39 is 0 Å². The normalized spacial score (nSPS) is 11.4. The number of rotatable bonds is 3. The monoisotopic (exact) mass is 362 g/mol. The third-order valence-electron chi connectivity index (χ3n) is 3.21. The van der Waals surface area contributed by atoms with Crippen molar-refractivity contribution in [2.45, 2.75) is 20.3 Å². The summed E-state index contributed by atoms with van der Waals surface area (Å²) in [5.41, 5.74) is 1.91. The van der Waals surface area contributed by atoms with Crippen LogP contribution in [0.4, 0.5) is 0 Å². The zero-order valence-electron chi connectivity index (χ0n) is 11.8. The number of furan rings is 1. The van der Waals surface area contributed by atoms with Crippen LogP contribution in [0, 0.1) is 10.6 Å². The van der Waals surface area contributed by atoms with Crippen LogP contribution in [0.3, 0.4) is 0 Å². The molecule has 0 atom stereocenters. The number of nitrogens with one attached hydrogen (secondary N) is 1. The van der Waals surface area contributed by atoms with Gasteiger partial charge in [0.05, 0.1) is 4.47 Å². The van der Waals surface area contributed by atoms with Crippen LogP contribution in [0.15, 0.2) is 39.2 Å². The van der Waals surface area contributed by atoms with Crippen molar-refractivity contribution in [3.05, 3.63) is 45.1 Å². The van der Waals surface area contributed by atoms with Gasteiger partial charge in [-0.2, -0.15) is 0 Å². The van der Waals surface area contributed by atoms with E-state index in [2.05, 4.69) is 39.7 Å². The molecule has 0 aliphatic heterocycles. The molecule has 0 radical (unpaired) electrons. The summed E-state index contributed by atoms with van der Waals surface area (Å²) in [6, 6.07) is 9.89. The van der Waals surface area contributed by atoms with Gasteiger partial charge in [-0.15, -0.1) is 0 Å². The number of nitrogens with zero attached hydrogens (tertiary/aromatic N) is 1. The fourth-order valence-corrected chi connectivity index (χ4v) is 2.83. The molecule has 0 spiro atoms. The lowest BCUT2D eigenvalue weighted by Gasteiger charge is -2.09. The van der Waals surface area contributed by atoms with Crippen LogP contribution in [-0.4, -0.2) is 9.97 Å². The molecule has 0 bridgehead atoms. The molecular formula is C16H15BrN2OS. The van der Waals surface area contributed by atoms with Gasteiger partial charge in [0.1, 0.15) is 10.2 Å². The fraction of sp³-hybridized carbons (Fsp3) is 0.250. The number of aromatic nitrogens is 2. The highest BCUT2D eigenvalue weighted by Crippen LogP contribution is 2.28. The van der Waals surface area contributed by atoms with Crippen molar-refractivity contribution in [3.63, 3.8) is 0 Å². The standard InChI is InChI=1S/C16H15BrN2OS/c1-9(2)7-11-14(17)16(21)19-15(18-11)13-8-10-5-3-4-6-12(10)20-13/h3-6,8-9H,7H2,1-2H3,(H,18,19,21). The van der Waals surface area contributed by atoms with Crippen molar-refractivity contribution < 1.29 is 4.42 Å². The first kappa shape index (κ1) is 14.5. The van der Waals surface area contributed by atoms with Crippen molar-refractivity contribution in [1.82, 2.24) is 9.97 Å². The minimum atomic E-state index is 0.526. The predicted octanol–water partition coefficient (Wildman–Crippen LogP) is 5.51. The van der Waals surface area contributed by atoms with E-state index in [0.717, 1.165) is 27.6 Å². The summed E-state index contributed by atoms with van der Waals surface area (Å²) < 4.78 is 7.28. The highest BCUT2D eigenvalue weighted by molar-refractivity contribution is 9.10. The molecule has 0 fully saturated rings. The molecule has 1 aromatic carbocycles. The zero-order valence-corrected chi connectivity index (χ0v) is 14.2. The average Bonchev–Trinajstić information content (AvgIpc) is 2.87. The van der Waals surface area contributed by atoms with E-state index in [1.54, 1.807) is 0 Å². The first-order valence-corrected chi connectivity index (χ1v) is 8.02. The molecule has 0 saturated heterocycles. The molecule has 2 aromatic heterocycles. The van der Waals surface area contributed by atoms with Gasteiger partial charge in [0.25, 0.3) is 0 Å². The first-order chi connectivity index (χ1) is 10.0. The Labute approximate surface area is 136 Å². The maximum Gasteiger partial charge on any atom is 0.175 e. The average molecular weight is 363 g/mol. The van der Waals surface area contributed by atoms with E-state index in [1.807, 2.05) is 30.3 Å². The van der Waals surface area contributed by atoms with Gasteiger partial charge in [-0.05, 0) is 40.4 Å². The van der Waals surface area contributed by atoms with Crippen LogP contribution in [0.25, 0.3) is 22.6 Å². The van der Waals surface area contributed by atoms with Crippen molar-refractivity contribution in [2.24, 2.45) is 5.92 Å². The van der Waals surface area contributed by atoms with Gasteiger partial charge in [0.15, 0.2) is 11.6 Å². The molecule has 108 valence electrons. The molecule has 0 saturated carbocycles. The van der Waals surface area contributed by atoms with Crippen LogP contribution in [0.1, 0.15) is 19.5 Å². The largest absolute Gasteiger partial charge is 0.453 e. The summed E-state index contributed by atoms with van der Waals surface area (Å²) in [6.45, 7) is 4.34. The van der Waals surface area contributed by atoms with Gasteiger partial charge in [-0.25, -0.2) is 4.98 Å². The van der Waals surface area contributed by atoms with Gasteiger partial charge in [0.2, 0.25) is 0 Å². The van der Waals surface area contributed by atoms with E-state index in [4.69, 9.17) is 16.6 Å². The summed E-state index contributed by atoms with van der Waals surface area (Å²) in [7, 11) is 0. The Balaban J connectivity index is 2.13. The molecule has 3 nitrogen and oxygen atoms in total. The molecule has 0 aliphatic rings. The molecule has 2 heterocycles. The van der Waals surface area contributed by atoms with Crippen molar-refractivity contribution in [3.8, 4) is 11.6 Å². The SMILES string of the molecule is CC(C)Cc1[nH]c(-c2cc3ccccc3o2)nc(=S)c1Br. The Morgan fingerprint density at radius 1 is 1.33 bits per heavy atom. The van der Waals surface area contributed by atoms with E-state index in [0.29, 0.717) is 22.1 Å². The Hall–Kier alpha value is -1.46. The summed E-state index contributed by atoms with van der Waals surface area (Å²) in [5.74, 6) is 1.91. The second kappa shape index (κ2) is 5.73. The lowest BCUT2D eigenvalue weighted by molar-refractivity contribution is 0.614. The second-order valence-corrected chi connectivity index (χ2v) is 6.61. The molecule has 3 rings (SSSR count). The number of fused-ring (bicyclic) bond motifs is 1. The minimum Gasteiger partial charge on any atom is -0.453 e. The number of hydrogen-bond donors (Lipinski definition) is 1. The van der Waals surface area contributed by atoms with Gasteiger partial charge < -0.3 is 9.40 Å². The smallest absolute Gasteiger partial charge is 0.175 e. The van der Waals surface area contributed by atoms with Crippen molar-refractivity contribution in [2.75, 3.05) is 0 Å². The number of H-pyrrole nitrogens is 1. The molecule has 1 N–H and O–H groups in total. The fourth-order valence-electron chi connectivity index (χ4n) is 2.27. The van der Waals surface area contributed by atoms with Crippen LogP contribution >= 0.6 is 28.1 Å². The Kier molecular flexibility index (Phi) is 3.95. The molecule has 0 unspecified atom stereocenters. The third-order valence-corrected chi connectivity index (χ3v) is 4.62. The summed E-state index contributed by atoms with van der Waals surface area (Å²) in [6.07, 6.45) is 0.903. The van der Waals surface area contributed by atoms with Crippen molar-refractivity contribution in [1.29, 1.82) is 0 Å². The predicted molar refractivity (Wildman–Crippen MR) is 90.9 cm³/mol. The Morgan fingerprint density at radius 2 is 2.10 bits per heavy atom. The Morgan fingerprint density at radius 3 is 2.81 bits per heavy atom. The van der Waals surface area contributed by atoms with Gasteiger partial charge in [-0.1, -0.05) is 44.3 Å². The maximum absolute atomic E-state index is 5.85. The first-order valence-electron chi connectivity index (χ1n) is 6.82. The molecule has 3 aromatic rings. The maximum atomic E-state index is 5.85. The van der Waals surface area contributed by atoms with Crippen molar-refractivity contribution >= 4 is 39.1 Å². The topological polar surface area (TPSA) is 41.8 Å². The molecule has 0 aliphatic carbocycles. The number of benzene rings is 1. The number of hydrogen-bond acceptors (Lipinski definition) is 3. The zero-order chi connectivity index (χ0) is 15.0. The lowest BCUT2D eigenvalue weighted by Crippen LogP contribution is -2.02. The molecule has 0 amide bonds. The summed E-state index contributed by atoms with van der Waals surface area (Å²) in [4.78, 5) is 7.77. The molecule has 21 heavy (non-hydrogen) atoms. The van der Waals surface area contributed by atoms with Crippen LogP contribution < -0.4 is 0 Å². The second-order valence-electron chi connectivity index (χ2n) is 5.43. The molecular weight excluding hydrogens is 348 g/mol. The summed E-state index contributed by atoms with van der Waals surface area (Å²) >= 11 is 8.86. The lowest BCUT2D eigenvalue weighted by atomic mass is 10.1. The van der Waals surface area contributed by atoms with E-state index in [9.17, 15) is 0 Å². The van der Waals surface area contributed by atoms with Gasteiger partial charge in [0, 0.05) is 11.1 Å². The van der Waals surface area contributed by atoms with Gasteiger partial charge in [-0.3, -0.25) is 0 Å². The minimum absolute atomic E-state index is 0.526. The van der Waals surface area contributed by atoms with E-state index >= 15 is 0 Å². The third kappa shape index (κ3) is 2.94. The van der Waals surface area contributed by atoms with Crippen LogP contribution in [0.5, 0.6) is 0 Å².